The first-order valence-corrected chi connectivity index (χ1v) is 6.46. The Balaban J connectivity index is 1.91. The van der Waals surface area contributed by atoms with Crippen molar-refractivity contribution in [3.8, 4) is 5.75 Å². The summed E-state index contributed by atoms with van der Waals surface area (Å²) < 4.78 is 18.9. The number of hydrogen-bond acceptors (Lipinski definition) is 3. The lowest BCUT2D eigenvalue weighted by Gasteiger charge is -2.10. The third-order valence-electron chi connectivity index (χ3n) is 3.28. The number of carbonyl (C=O) groups is 1. The van der Waals surface area contributed by atoms with Gasteiger partial charge in [0.15, 0.2) is 5.78 Å². The topological polar surface area (TPSA) is 52.3 Å². The molecule has 1 aliphatic carbocycles. The van der Waals surface area contributed by atoms with Crippen LogP contribution < -0.4 is 10.5 Å². The molecule has 2 atom stereocenters. The van der Waals surface area contributed by atoms with Gasteiger partial charge in [-0.1, -0.05) is 24.3 Å². The third kappa shape index (κ3) is 2.56. The number of hydrogen-bond donors (Lipinski definition) is 1. The molecule has 0 spiro atoms. The summed E-state index contributed by atoms with van der Waals surface area (Å²) in [5.41, 5.74) is 6.45. The third-order valence-corrected chi connectivity index (χ3v) is 3.28. The van der Waals surface area contributed by atoms with Crippen molar-refractivity contribution in [2.75, 3.05) is 0 Å². The predicted octanol–water partition coefficient (Wildman–Crippen LogP) is 2.54. The number of halogens is 1. The summed E-state index contributed by atoms with van der Waals surface area (Å²) in [5, 5.41) is 0. The molecule has 102 valence electrons. The van der Waals surface area contributed by atoms with Gasteiger partial charge in [0.1, 0.15) is 17.7 Å². The molecule has 0 aliphatic heterocycles. The highest BCUT2D eigenvalue weighted by Gasteiger charge is 2.36. The molecule has 0 amide bonds. The standard InChI is InChI=1S/C16H14FNO2/c17-11-5-3-4-10(8-11)16(19)12-6-1-2-7-14(12)20-15-9-13(15)18/h1-8,13,15H,9,18H2. The Morgan fingerprint density at radius 2 is 1.95 bits per heavy atom. The van der Waals surface area contributed by atoms with Gasteiger partial charge in [-0.3, -0.25) is 4.79 Å². The molecule has 1 fully saturated rings. The van der Waals surface area contributed by atoms with Crippen LogP contribution in [0.15, 0.2) is 48.5 Å². The van der Waals surface area contributed by atoms with Crippen molar-refractivity contribution in [2.24, 2.45) is 5.73 Å². The Kier molecular flexibility index (Phi) is 3.24. The highest BCUT2D eigenvalue weighted by Crippen LogP contribution is 2.29. The van der Waals surface area contributed by atoms with E-state index in [4.69, 9.17) is 10.5 Å². The SMILES string of the molecule is NC1CC1Oc1ccccc1C(=O)c1cccc(F)c1. The van der Waals surface area contributed by atoms with Crippen molar-refractivity contribution in [2.45, 2.75) is 18.6 Å². The minimum absolute atomic E-state index is 0.0311. The molecule has 20 heavy (non-hydrogen) atoms. The fourth-order valence-electron chi connectivity index (χ4n) is 2.03. The van der Waals surface area contributed by atoms with E-state index in [0.29, 0.717) is 16.9 Å². The number of rotatable bonds is 4. The minimum Gasteiger partial charge on any atom is -0.488 e. The molecule has 0 radical (unpaired) electrons. The number of para-hydroxylation sites is 1. The summed E-state index contributed by atoms with van der Waals surface area (Å²) in [7, 11) is 0. The van der Waals surface area contributed by atoms with Crippen LogP contribution in [0.1, 0.15) is 22.3 Å². The van der Waals surface area contributed by atoms with Gasteiger partial charge in [0, 0.05) is 18.0 Å². The summed E-state index contributed by atoms with van der Waals surface area (Å²) in [6.07, 6.45) is 0.763. The Labute approximate surface area is 116 Å². The van der Waals surface area contributed by atoms with Crippen molar-refractivity contribution >= 4 is 5.78 Å². The average Bonchev–Trinajstić information content (AvgIpc) is 3.14. The molecule has 0 aromatic heterocycles. The second kappa shape index (κ2) is 5.06. The van der Waals surface area contributed by atoms with Crippen LogP contribution in [0.25, 0.3) is 0 Å². The van der Waals surface area contributed by atoms with E-state index in [0.717, 1.165) is 6.42 Å². The lowest BCUT2D eigenvalue weighted by Crippen LogP contribution is -2.13. The molecule has 3 nitrogen and oxygen atoms in total. The van der Waals surface area contributed by atoms with E-state index in [1.165, 1.54) is 18.2 Å². The maximum absolute atomic E-state index is 13.2. The Morgan fingerprint density at radius 1 is 1.20 bits per heavy atom. The first-order valence-electron chi connectivity index (χ1n) is 6.46. The predicted molar refractivity (Wildman–Crippen MR) is 73.3 cm³/mol. The van der Waals surface area contributed by atoms with Gasteiger partial charge in [-0.15, -0.1) is 0 Å². The molecular formula is C16H14FNO2. The molecule has 2 aromatic rings. The van der Waals surface area contributed by atoms with Gasteiger partial charge in [0.05, 0.1) is 5.56 Å². The van der Waals surface area contributed by atoms with Crippen LogP contribution in [0.5, 0.6) is 5.75 Å². The molecule has 1 saturated carbocycles. The molecule has 2 N–H and O–H groups in total. The molecule has 4 heteroatoms. The van der Waals surface area contributed by atoms with Crippen LogP contribution >= 0.6 is 0 Å². The van der Waals surface area contributed by atoms with E-state index in [9.17, 15) is 9.18 Å². The maximum Gasteiger partial charge on any atom is 0.196 e. The maximum atomic E-state index is 13.2. The zero-order chi connectivity index (χ0) is 14.1. The van der Waals surface area contributed by atoms with Crippen LogP contribution in [-0.2, 0) is 0 Å². The van der Waals surface area contributed by atoms with Crippen LogP contribution in [0.4, 0.5) is 4.39 Å². The van der Waals surface area contributed by atoms with Crippen LogP contribution in [0, 0.1) is 5.82 Å². The van der Waals surface area contributed by atoms with Crippen molar-refractivity contribution in [3.63, 3.8) is 0 Å². The number of carbonyl (C=O) groups excluding carboxylic acids is 1. The summed E-state index contributed by atoms with van der Waals surface area (Å²) in [6, 6.07) is 12.6. The van der Waals surface area contributed by atoms with Crippen molar-refractivity contribution in [3.05, 3.63) is 65.5 Å². The number of nitrogens with two attached hydrogens (primary N) is 1. The molecular weight excluding hydrogens is 257 g/mol. The minimum atomic E-state index is -0.432. The lowest BCUT2D eigenvalue weighted by molar-refractivity contribution is 0.103. The second-order valence-corrected chi connectivity index (χ2v) is 4.89. The van der Waals surface area contributed by atoms with E-state index in [1.54, 1.807) is 30.3 Å². The average molecular weight is 271 g/mol. The van der Waals surface area contributed by atoms with Crippen LogP contribution in [0.3, 0.4) is 0 Å². The van der Waals surface area contributed by atoms with Gasteiger partial charge in [0.25, 0.3) is 0 Å². The summed E-state index contributed by atoms with van der Waals surface area (Å²) in [6.45, 7) is 0. The van der Waals surface area contributed by atoms with E-state index in [1.807, 2.05) is 0 Å². The summed E-state index contributed by atoms with van der Waals surface area (Å²) >= 11 is 0. The van der Waals surface area contributed by atoms with Gasteiger partial charge >= 0.3 is 0 Å². The van der Waals surface area contributed by atoms with Crippen LogP contribution in [-0.4, -0.2) is 17.9 Å². The molecule has 1 aliphatic rings. The highest BCUT2D eigenvalue weighted by molar-refractivity contribution is 6.10. The Bertz CT molecular complexity index is 656. The molecule has 2 aromatic carbocycles. The van der Waals surface area contributed by atoms with Gasteiger partial charge in [0.2, 0.25) is 0 Å². The fourth-order valence-corrected chi connectivity index (χ4v) is 2.03. The number of ether oxygens (including phenoxy) is 1. The zero-order valence-electron chi connectivity index (χ0n) is 10.8. The first-order chi connectivity index (χ1) is 9.65. The van der Waals surface area contributed by atoms with E-state index >= 15 is 0 Å². The van der Waals surface area contributed by atoms with Crippen LogP contribution in [0.2, 0.25) is 0 Å². The van der Waals surface area contributed by atoms with E-state index < -0.39 is 5.82 Å². The number of ketones is 1. The molecule has 0 bridgehead atoms. The van der Waals surface area contributed by atoms with Gasteiger partial charge in [-0.25, -0.2) is 4.39 Å². The fraction of sp³-hybridized carbons (Fsp3) is 0.188. The smallest absolute Gasteiger partial charge is 0.196 e. The monoisotopic (exact) mass is 271 g/mol. The second-order valence-electron chi connectivity index (χ2n) is 4.89. The number of benzene rings is 2. The zero-order valence-corrected chi connectivity index (χ0v) is 10.8. The first kappa shape index (κ1) is 12.8. The Morgan fingerprint density at radius 3 is 2.65 bits per heavy atom. The van der Waals surface area contributed by atoms with Gasteiger partial charge in [-0.05, 0) is 24.3 Å². The quantitative estimate of drug-likeness (QED) is 0.869. The summed E-state index contributed by atoms with van der Waals surface area (Å²) in [5.74, 6) is -0.188. The molecule has 0 heterocycles. The Hall–Kier alpha value is -2.20. The van der Waals surface area contributed by atoms with Gasteiger partial charge < -0.3 is 10.5 Å². The normalized spacial score (nSPS) is 20.5. The van der Waals surface area contributed by atoms with Gasteiger partial charge in [-0.2, -0.15) is 0 Å². The molecule has 3 rings (SSSR count). The highest BCUT2D eigenvalue weighted by atomic mass is 19.1. The largest absolute Gasteiger partial charge is 0.488 e. The van der Waals surface area contributed by atoms with Crippen molar-refractivity contribution in [1.82, 2.24) is 0 Å². The van der Waals surface area contributed by atoms with E-state index in [-0.39, 0.29) is 17.9 Å². The van der Waals surface area contributed by atoms with Crippen molar-refractivity contribution < 1.29 is 13.9 Å². The molecule has 2 unspecified atom stereocenters. The lowest BCUT2D eigenvalue weighted by atomic mass is 10.0. The van der Waals surface area contributed by atoms with Crippen molar-refractivity contribution in [1.29, 1.82) is 0 Å². The summed E-state index contributed by atoms with van der Waals surface area (Å²) in [4.78, 5) is 12.4. The van der Waals surface area contributed by atoms with E-state index in [2.05, 4.69) is 0 Å². The molecule has 0 saturated heterocycles.